The molecule has 3 N–H and O–H groups in total. The maximum absolute atomic E-state index is 12.0. The molecule has 0 saturated heterocycles. The summed E-state index contributed by atoms with van der Waals surface area (Å²) >= 11 is 0. The highest BCUT2D eigenvalue weighted by Crippen LogP contribution is 2.10. The second-order valence-corrected chi connectivity index (χ2v) is 6.42. The van der Waals surface area contributed by atoms with Crippen molar-refractivity contribution < 1.29 is 13.6 Å². The van der Waals surface area contributed by atoms with E-state index in [2.05, 4.69) is 5.16 Å². The van der Waals surface area contributed by atoms with E-state index in [1.54, 1.807) is 20.8 Å². The van der Waals surface area contributed by atoms with Gasteiger partial charge in [0.25, 0.3) is 10.2 Å². The van der Waals surface area contributed by atoms with E-state index < -0.39 is 10.2 Å². The predicted octanol–water partition coefficient (Wildman–Crippen LogP) is -0.114. The zero-order chi connectivity index (χ0) is 13.8. The molecule has 0 aromatic rings. The summed E-state index contributed by atoms with van der Waals surface area (Å²) in [5.74, 6) is -0.334. The van der Waals surface area contributed by atoms with Crippen molar-refractivity contribution in [1.29, 1.82) is 0 Å². The molecule has 1 unspecified atom stereocenters. The van der Waals surface area contributed by atoms with Gasteiger partial charge in [0.2, 0.25) is 0 Å². The Labute approximate surface area is 103 Å². The first kappa shape index (κ1) is 16.1. The molecule has 0 aromatic carbocycles. The van der Waals surface area contributed by atoms with Gasteiger partial charge in [0.15, 0.2) is 0 Å². The van der Waals surface area contributed by atoms with Crippen molar-refractivity contribution in [3.8, 4) is 0 Å². The van der Waals surface area contributed by atoms with Gasteiger partial charge in [-0.3, -0.25) is 0 Å². The minimum atomic E-state index is -3.50. The Hall–Kier alpha value is -0.860. The van der Waals surface area contributed by atoms with Crippen molar-refractivity contribution in [3.63, 3.8) is 0 Å². The third-order valence-electron chi connectivity index (χ3n) is 2.64. The maximum Gasteiger partial charge on any atom is 0.281 e. The SMILES string of the molecule is CC(CN(C)S(=O)(=O)N(C)C(C)C)/C(N)=N/O. The van der Waals surface area contributed by atoms with Gasteiger partial charge in [-0.15, -0.1) is 0 Å². The molecule has 0 radical (unpaired) electrons. The van der Waals surface area contributed by atoms with Crippen LogP contribution in [0.15, 0.2) is 5.16 Å². The van der Waals surface area contributed by atoms with Crippen LogP contribution in [-0.4, -0.2) is 54.8 Å². The monoisotopic (exact) mass is 266 g/mol. The highest BCUT2D eigenvalue weighted by atomic mass is 32.2. The lowest BCUT2D eigenvalue weighted by Crippen LogP contribution is -2.45. The number of amidine groups is 1. The van der Waals surface area contributed by atoms with Gasteiger partial charge in [0.1, 0.15) is 5.84 Å². The Bertz CT molecular complexity index is 366. The number of hydrogen-bond donors (Lipinski definition) is 2. The van der Waals surface area contributed by atoms with Crippen LogP contribution in [0, 0.1) is 5.92 Å². The molecule has 17 heavy (non-hydrogen) atoms. The number of nitrogens with two attached hydrogens (primary N) is 1. The lowest BCUT2D eigenvalue weighted by atomic mass is 10.2. The zero-order valence-electron chi connectivity index (χ0n) is 11.0. The third kappa shape index (κ3) is 4.14. The van der Waals surface area contributed by atoms with E-state index in [1.165, 1.54) is 22.7 Å². The average Bonchev–Trinajstić information content (AvgIpc) is 2.26. The summed E-state index contributed by atoms with van der Waals surface area (Å²) < 4.78 is 26.5. The molecule has 1 atom stereocenters. The standard InChI is InChI=1S/C9H22N4O3S/c1-7(2)13(5)17(15,16)12(4)6-8(3)9(10)11-14/h7-8,14H,6H2,1-5H3,(H2,10,11). The molecule has 0 amide bonds. The van der Waals surface area contributed by atoms with Crippen LogP contribution in [0.25, 0.3) is 0 Å². The van der Waals surface area contributed by atoms with E-state index in [4.69, 9.17) is 10.9 Å². The first-order valence-corrected chi connectivity index (χ1v) is 6.71. The van der Waals surface area contributed by atoms with Crippen molar-refractivity contribution >= 4 is 16.0 Å². The molecule has 0 aliphatic rings. The van der Waals surface area contributed by atoms with Crippen LogP contribution < -0.4 is 5.73 Å². The van der Waals surface area contributed by atoms with Gasteiger partial charge in [-0.05, 0) is 13.8 Å². The van der Waals surface area contributed by atoms with Crippen LogP contribution in [0.3, 0.4) is 0 Å². The molecule has 0 heterocycles. The van der Waals surface area contributed by atoms with Crippen LogP contribution in [0.5, 0.6) is 0 Å². The molecule has 0 aromatic heterocycles. The first-order chi connectivity index (χ1) is 7.64. The Kier molecular flexibility index (Phi) is 5.86. The van der Waals surface area contributed by atoms with E-state index in [1.807, 2.05) is 0 Å². The molecule has 0 aliphatic heterocycles. The Morgan fingerprint density at radius 2 is 1.82 bits per heavy atom. The van der Waals surface area contributed by atoms with E-state index in [0.29, 0.717) is 0 Å². The van der Waals surface area contributed by atoms with Gasteiger partial charge in [-0.1, -0.05) is 12.1 Å². The average molecular weight is 266 g/mol. The summed E-state index contributed by atoms with van der Waals surface area (Å²) in [6.45, 7) is 5.43. The molecule has 0 rings (SSSR count). The van der Waals surface area contributed by atoms with Crippen molar-refractivity contribution in [2.45, 2.75) is 26.8 Å². The van der Waals surface area contributed by atoms with E-state index in [9.17, 15) is 8.42 Å². The fraction of sp³-hybridized carbons (Fsp3) is 0.889. The second-order valence-electron chi connectivity index (χ2n) is 4.32. The number of rotatable bonds is 6. The fourth-order valence-corrected chi connectivity index (χ4v) is 2.54. The van der Waals surface area contributed by atoms with E-state index in [0.717, 1.165) is 0 Å². The second kappa shape index (κ2) is 6.18. The molecule has 0 fully saturated rings. The molecule has 0 spiro atoms. The van der Waals surface area contributed by atoms with Gasteiger partial charge in [-0.25, -0.2) is 0 Å². The highest BCUT2D eigenvalue weighted by molar-refractivity contribution is 7.86. The normalized spacial score (nSPS) is 15.9. The molecule has 102 valence electrons. The van der Waals surface area contributed by atoms with Crippen LogP contribution >= 0.6 is 0 Å². The molecule has 8 heteroatoms. The molecule has 0 saturated carbocycles. The minimum absolute atomic E-state index is 0.0132. The van der Waals surface area contributed by atoms with Gasteiger partial charge in [0.05, 0.1) is 0 Å². The zero-order valence-corrected chi connectivity index (χ0v) is 11.8. The number of oxime groups is 1. The van der Waals surface area contributed by atoms with Crippen molar-refractivity contribution in [2.75, 3.05) is 20.6 Å². The summed E-state index contributed by atoms with van der Waals surface area (Å²) in [7, 11) is -0.514. The summed E-state index contributed by atoms with van der Waals surface area (Å²) in [6, 6.07) is -0.124. The summed E-state index contributed by atoms with van der Waals surface area (Å²) in [5, 5.41) is 11.4. The van der Waals surface area contributed by atoms with Crippen LogP contribution in [-0.2, 0) is 10.2 Å². The Morgan fingerprint density at radius 3 is 2.18 bits per heavy atom. The first-order valence-electron chi connectivity index (χ1n) is 5.31. The van der Waals surface area contributed by atoms with Gasteiger partial charge >= 0.3 is 0 Å². The van der Waals surface area contributed by atoms with E-state index in [-0.39, 0.29) is 24.3 Å². The molecule has 7 nitrogen and oxygen atoms in total. The summed E-state index contributed by atoms with van der Waals surface area (Å²) in [4.78, 5) is 0. The van der Waals surface area contributed by atoms with Crippen molar-refractivity contribution in [1.82, 2.24) is 8.61 Å². The smallest absolute Gasteiger partial charge is 0.281 e. The largest absolute Gasteiger partial charge is 0.409 e. The highest BCUT2D eigenvalue weighted by Gasteiger charge is 2.27. The number of nitrogens with zero attached hydrogens (tertiary/aromatic N) is 3. The van der Waals surface area contributed by atoms with Crippen LogP contribution in [0.4, 0.5) is 0 Å². The molecule has 0 bridgehead atoms. The fourth-order valence-electron chi connectivity index (χ4n) is 1.16. The topological polar surface area (TPSA) is 99.2 Å². The van der Waals surface area contributed by atoms with Gasteiger partial charge < -0.3 is 10.9 Å². The predicted molar refractivity (Wildman–Crippen MR) is 67.0 cm³/mol. The lowest BCUT2D eigenvalue weighted by Gasteiger charge is -2.28. The van der Waals surface area contributed by atoms with Gasteiger partial charge in [0, 0.05) is 32.6 Å². The molecular weight excluding hydrogens is 244 g/mol. The van der Waals surface area contributed by atoms with Gasteiger partial charge in [-0.2, -0.15) is 17.0 Å². The lowest BCUT2D eigenvalue weighted by molar-refractivity contribution is 0.310. The van der Waals surface area contributed by atoms with E-state index >= 15 is 0 Å². The summed E-state index contributed by atoms with van der Waals surface area (Å²) in [6.07, 6.45) is 0. The van der Waals surface area contributed by atoms with Crippen molar-refractivity contribution in [2.24, 2.45) is 16.8 Å². The number of hydrogen-bond acceptors (Lipinski definition) is 4. The molecule has 0 aliphatic carbocycles. The summed E-state index contributed by atoms with van der Waals surface area (Å²) in [5.41, 5.74) is 5.41. The quantitative estimate of drug-likeness (QED) is 0.303. The Morgan fingerprint density at radius 1 is 1.35 bits per heavy atom. The van der Waals surface area contributed by atoms with Crippen LogP contribution in [0.2, 0.25) is 0 Å². The maximum atomic E-state index is 12.0. The van der Waals surface area contributed by atoms with Crippen LogP contribution in [0.1, 0.15) is 20.8 Å². The molecular formula is C9H22N4O3S. The minimum Gasteiger partial charge on any atom is -0.409 e. The third-order valence-corrected chi connectivity index (χ3v) is 4.72. The van der Waals surface area contributed by atoms with Crippen molar-refractivity contribution in [3.05, 3.63) is 0 Å². The Balaban J connectivity index is 4.78.